The summed E-state index contributed by atoms with van der Waals surface area (Å²) in [6.07, 6.45) is 8.32. The predicted octanol–water partition coefficient (Wildman–Crippen LogP) is 1.61. The van der Waals surface area contributed by atoms with E-state index in [0.29, 0.717) is 13.2 Å². The van der Waals surface area contributed by atoms with Gasteiger partial charge >= 0.3 is 0 Å². The van der Waals surface area contributed by atoms with Crippen molar-refractivity contribution in [1.82, 2.24) is 5.32 Å². The summed E-state index contributed by atoms with van der Waals surface area (Å²) in [5.74, 6) is 0.00750. The Balaban J connectivity index is 1.79. The SMILES string of the molecule is O=C(NCC1(CO)CCCCC1)C1CCCCO1. The van der Waals surface area contributed by atoms with Gasteiger partial charge in [0.1, 0.15) is 6.10 Å². The van der Waals surface area contributed by atoms with Gasteiger partial charge in [0.05, 0.1) is 6.61 Å². The molecule has 18 heavy (non-hydrogen) atoms. The minimum absolute atomic E-state index is 0.00750. The molecule has 2 fully saturated rings. The molecule has 2 N–H and O–H groups in total. The molecule has 1 saturated heterocycles. The van der Waals surface area contributed by atoms with E-state index in [2.05, 4.69) is 5.32 Å². The average Bonchev–Trinajstić information content (AvgIpc) is 2.47. The summed E-state index contributed by atoms with van der Waals surface area (Å²) in [4.78, 5) is 12.0. The summed E-state index contributed by atoms with van der Waals surface area (Å²) in [5, 5.41) is 12.6. The second kappa shape index (κ2) is 6.53. The third-order valence-corrected chi connectivity index (χ3v) is 4.36. The Morgan fingerprint density at radius 1 is 1.22 bits per heavy atom. The zero-order valence-corrected chi connectivity index (χ0v) is 11.1. The highest BCUT2D eigenvalue weighted by molar-refractivity contribution is 5.80. The highest BCUT2D eigenvalue weighted by atomic mass is 16.5. The van der Waals surface area contributed by atoms with E-state index in [4.69, 9.17) is 4.74 Å². The number of carbonyl (C=O) groups is 1. The molecular weight excluding hydrogens is 230 g/mol. The fourth-order valence-electron chi connectivity index (χ4n) is 3.03. The van der Waals surface area contributed by atoms with Crippen LogP contribution in [0.15, 0.2) is 0 Å². The first kappa shape index (κ1) is 13.8. The summed E-state index contributed by atoms with van der Waals surface area (Å²) in [5.41, 5.74) is -0.0808. The van der Waals surface area contributed by atoms with Gasteiger partial charge in [-0.1, -0.05) is 19.3 Å². The van der Waals surface area contributed by atoms with Crippen molar-refractivity contribution in [2.24, 2.45) is 5.41 Å². The third kappa shape index (κ3) is 3.45. The molecule has 0 bridgehead atoms. The highest BCUT2D eigenvalue weighted by Gasteiger charge is 2.32. The predicted molar refractivity (Wildman–Crippen MR) is 69.2 cm³/mol. The van der Waals surface area contributed by atoms with E-state index in [1.807, 2.05) is 0 Å². The van der Waals surface area contributed by atoms with Gasteiger partial charge in [-0.2, -0.15) is 0 Å². The lowest BCUT2D eigenvalue weighted by molar-refractivity contribution is -0.136. The van der Waals surface area contributed by atoms with Gasteiger partial charge in [0, 0.05) is 18.6 Å². The summed E-state index contributed by atoms with van der Waals surface area (Å²) in [6, 6.07) is 0. The molecule has 1 unspecified atom stereocenters. The lowest BCUT2D eigenvalue weighted by Gasteiger charge is -2.36. The molecule has 4 nitrogen and oxygen atoms in total. The Morgan fingerprint density at radius 3 is 2.61 bits per heavy atom. The number of nitrogens with one attached hydrogen (secondary N) is 1. The normalized spacial score (nSPS) is 27.7. The van der Waals surface area contributed by atoms with Crippen LogP contribution in [0.4, 0.5) is 0 Å². The van der Waals surface area contributed by atoms with E-state index in [1.54, 1.807) is 0 Å². The maximum absolute atomic E-state index is 12.0. The lowest BCUT2D eigenvalue weighted by Crippen LogP contribution is -2.46. The largest absolute Gasteiger partial charge is 0.396 e. The summed E-state index contributed by atoms with van der Waals surface area (Å²) < 4.78 is 5.47. The summed E-state index contributed by atoms with van der Waals surface area (Å²) in [6.45, 7) is 1.48. The van der Waals surface area contributed by atoms with Gasteiger partial charge in [-0.3, -0.25) is 4.79 Å². The average molecular weight is 255 g/mol. The van der Waals surface area contributed by atoms with Crippen LogP contribution in [0.3, 0.4) is 0 Å². The fraction of sp³-hybridized carbons (Fsp3) is 0.929. The molecule has 1 heterocycles. The van der Waals surface area contributed by atoms with Crippen LogP contribution < -0.4 is 5.32 Å². The number of rotatable bonds is 4. The van der Waals surface area contributed by atoms with Crippen LogP contribution in [-0.2, 0) is 9.53 Å². The molecular formula is C14H25NO3. The molecule has 104 valence electrons. The van der Waals surface area contributed by atoms with Crippen LogP contribution in [0.25, 0.3) is 0 Å². The zero-order valence-electron chi connectivity index (χ0n) is 11.1. The molecule has 1 saturated carbocycles. The molecule has 4 heteroatoms. The van der Waals surface area contributed by atoms with Gasteiger partial charge in [0.15, 0.2) is 0 Å². The first-order chi connectivity index (χ1) is 8.76. The number of amides is 1. The third-order valence-electron chi connectivity index (χ3n) is 4.36. The van der Waals surface area contributed by atoms with Crippen molar-refractivity contribution in [1.29, 1.82) is 0 Å². The fourth-order valence-corrected chi connectivity index (χ4v) is 3.03. The minimum atomic E-state index is -0.266. The minimum Gasteiger partial charge on any atom is -0.396 e. The summed E-state index contributed by atoms with van der Waals surface area (Å²) in [7, 11) is 0. The second-order valence-electron chi connectivity index (χ2n) is 5.79. The van der Waals surface area contributed by atoms with Crippen LogP contribution >= 0.6 is 0 Å². The second-order valence-corrected chi connectivity index (χ2v) is 5.79. The molecule has 0 radical (unpaired) electrons. The van der Waals surface area contributed by atoms with Crippen LogP contribution in [-0.4, -0.2) is 36.9 Å². The monoisotopic (exact) mass is 255 g/mol. The Hall–Kier alpha value is -0.610. The number of ether oxygens (including phenoxy) is 1. The van der Waals surface area contributed by atoms with Crippen molar-refractivity contribution in [3.63, 3.8) is 0 Å². The molecule has 1 atom stereocenters. The lowest BCUT2D eigenvalue weighted by atomic mass is 9.74. The number of aliphatic hydroxyl groups excluding tert-OH is 1. The van der Waals surface area contributed by atoms with E-state index in [1.165, 1.54) is 6.42 Å². The van der Waals surface area contributed by atoms with Crippen molar-refractivity contribution in [3.8, 4) is 0 Å². The quantitative estimate of drug-likeness (QED) is 0.802. The first-order valence-corrected chi connectivity index (χ1v) is 7.26. The van der Waals surface area contributed by atoms with E-state index < -0.39 is 0 Å². The van der Waals surface area contributed by atoms with Crippen molar-refractivity contribution >= 4 is 5.91 Å². The van der Waals surface area contributed by atoms with Gasteiger partial charge in [-0.05, 0) is 32.1 Å². The smallest absolute Gasteiger partial charge is 0.249 e. The Morgan fingerprint density at radius 2 is 2.00 bits per heavy atom. The van der Waals surface area contributed by atoms with E-state index in [0.717, 1.165) is 44.9 Å². The molecule has 1 amide bonds. The molecule has 0 aromatic carbocycles. The number of carbonyl (C=O) groups excluding carboxylic acids is 1. The maximum atomic E-state index is 12.0. The van der Waals surface area contributed by atoms with Crippen molar-refractivity contribution in [3.05, 3.63) is 0 Å². The van der Waals surface area contributed by atoms with Crippen LogP contribution in [0.1, 0.15) is 51.4 Å². The van der Waals surface area contributed by atoms with Gasteiger partial charge in [-0.25, -0.2) is 0 Å². The number of aliphatic hydroxyl groups is 1. The molecule has 0 aromatic heterocycles. The van der Waals surface area contributed by atoms with Crippen LogP contribution in [0.2, 0.25) is 0 Å². The highest BCUT2D eigenvalue weighted by Crippen LogP contribution is 2.35. The van der Waals surface area contributed by atoms with E-state index in [-0.39, 0.29) is 24.0 Å². The topological polar surface area (TPSA) is 58.6 Å². The zero-order chi connectivity index (χ0) is 12.8. The first-order valence-electron chi connectivity index (χ1n) is 7.26. The van der Waals surface area contributed by atoms with Crippen LogP contribution in [0.5, 0.6) is 0 Å². The number of hydrogen-bond acceptors (Lipinski definition) is 3. The van der Waals surface area contributed by atoms with Crippen LogP contribution in [0, 0.1) is 5.41 Å². The van der Waals surface area contributed by atoms with Gasteiger partial charge < -0.3 is 15.2 Å². The standard InChI is InChI=1S/C14H25NO3/c16-11-14(7-3-1-4-8-14)10-15-13(17)12-6-2-5-9-18-12/h12,16H,1-11H2,(H,15,17). The van der Waals surface area contributed by atoms with Gasteiger partial charge in [0.25, 0.3) is 0 Å². The van der Waals surface area contributed by atoms with Crippen molar-refractivity contribution in [2.45, 2.75) is 57.5 Å². The van der Waals surface area contributed by atoms with Crippen molar-refractivity contribution in [2.75, 3.05) is 19.8 Å². The molecule has 0 aromatic rings. The van der Waals surface area contributed by atoms with E-state index >= 15 is 0 Å². The van der Waals surface area contributed by atoms with Gasteiger partial charge in [-0.15, -0.1) is 0 Å². The molecule has 2 aliphatic rings. The molecule has 1 aliphatic carbocycles. The van der Waals surface area contributed by atoms with Crippen molar-refractivity contribution < 1.29 is 14.6 Å². The summed E-state index contributed by atoms with van der Waals surface area (Å²) >= 11 is 0. The Labute approximate surface area is 109 Å². The Bertz CT molecular complexity index is 268. The Kier molecular flexibility index (Phi) is 5.01. The van der Waals surface area contributed by atoms with E-state index in [9.17, 15) is 9.90 Å². The molecule has 0 spiro atoms. The maximum Gasteiger partial charge on any atom is 0.249 e. The molecule has 1 aliphatic heterocycles. The van der Waals surface area contributed by atoms with Gasteiger partial charge in [0.2, 0.25) is 5.91 Å². The number of hydrogen-bond donors (Lipinski definition) is 2. The molecule has 2 rings (SSSR count).